The largest absolute Gasteiger partial charge is 0.499 e. The first-order valence-electron chi connectivity index (χ1n) is 9.88. The van der Waals surface area contributed by atoms with Gasteiger partial charge in [-0.05, 0) is 31.7 Å². The molecule has 0 saturated carbocycles. The summed E-state index contributed by atoms with van der Waals surface area (Å²) in [5.74, 6) is -0.0177. The number of nitrogens with one attached hydrogen (secondary N) is 1. The fourth-order valence-electron chi connectivity index (χ4n) is 4.11. The van der Waals surface area contributed by atoms with E-state index in [1.807, 2.05) is 27.7 Å². The standard InChI is InChI=1S/C20H33N3O4/c1-7-13(4)17(21-5)20(26)22-10-8-9-14(22)19(25)23-16(24)11-15(27-6)18(23)12(2)3/h11-14,17-18,21H,7-10H2,1-6H3/t13-,14+,17-,18-/m0/s1. The van der Waals surface area contributed by atoms with Crippen LogP contribution in [-0.2, 0) is 19.1 Å². The van der Waals surface area contributed by atoms with Crippen LogP contribution < -0.4 is 5.32 Å². The molecule has 3 amide bonds. The number of amides is 3. The zero-order valence-electron chi connectivity index (χ0n) is 17.3. The Morgan fingerprint density at radius 2 is 2.00 bits per heavy atom. The highest BCUT2D eigenvalue weighted by atomic mass is 16.5. The Bertz CT molecular complexity index is 616. The molecular formula is C20H33N3O4. The first kappa shape index (κ1) is 21.4. The molecule has 2 aliphatic heterocycles. The summed E-state index contributed by atoms with van der Waals surface area (Å²) in [7, 11) is 3.28. The van der Waals surface area contributed by atoms with Crippen molar-refractivity contribution in [3.63, 3.8) is 0 Å². The van der Waals surface area contributed by atoms with Crippen molar-refractivity contribution >= 4 is 17.7 Å². The molecular weight excluding hydrogens is 346 g/mol. The summed E-state index contributed by atoms with van der Waals surface area (Å²) < 4.78 is 5.33. The zero-order chi connectivity index (χ0) is 20.3. The lowest BCUT2D eigenvalue weighted by Crippen LogP contribution is -2.56. The van der Waals surface area contributed by atoms with Gasteiger partial charge in [0.05, 0.1) is 19.2 Å². The molecule has 2 rings (SSSR count). The predicted octanol–water partition coefficient (Wildman–Crippen LogP) is 1.54. The maximum absolute atomic E-state index is 13.3. The topological polar surface area (TPSA) is 79.0 Å². The average molecular weight is 380 g/mol. The van der Waals surface area contributed by atoms with Crippen LogP contribution in [0, 0.1) is 11.8 Å². The third-order valence-corrected chi connectivity index (χ3v) is 5.79. The highest BCUT2D eigenvalue weighted by molar-refractivity contribution is 6.06. The highest BCUT2D eigenvalue weighted by Gasteiger charge is 2.46. The smallest absolute Gasteiger partial charge is 0.257 e. The van der Waals surface area contributed by atoms with E-state index < -0.39 is 12.1 Å². The van der Waals surface area contributed by atoms with E-state index in [-0.39, 0.29) is 35.6 Å². The van der Waals surface area contributed by atoms with Gasteiger partial charge in [0.1, 0.15) is 11.8 Å². The summed E-state index contributed by atoms with van der Waals surface area (Å²) >= 11 is 0. The summed E-state index contributed by atoms with van der Waals surface area (Å²) in [5.41, 5.74) is 0. The summed E-state index contributed by atoms with van der Waals surface area (Å²) in [6, 6.07) is -1.33. The zero-order valence-corrected chi connectivity index (χ0v) is 17.3. The quantitative estimate of drug-likeness (QED) is 0.679. The minimum absolute atomic E-state index is 0.0299. The molecule has 0 bridgehead atoms. The molecule has 0 radical (unpaired) electrons. The molecule has 1 saturated heterocycles. The van der Waals surface area contributed by atoms with Crippen molar-refractivity contribution in [1.29, 1.82) is 0 Å². The van der Waals surface area contributed by atoms with Crippen molar-refractivity contribution in [3.05, 3.63) is 11.8 Å². The summed E-state index contributed by atoms with van der Waals surface area (Å²) in [4.78, 5) is 41.9. The van der Waals surface area contributed by atoms with Crippen molar-refractivity contribution in [1.82, 2.24) is 15.1 Å². The van der Waals surface area contributed by atoms with E-state index >= 15 is 0 Å². The molecule has 0 aromatic heterocycles. The monoisotopic (exact) mass is 379 g/mol. The molecule has 0 spiro atoms. The molecule has 7 heteroatoms. The second-order valence-electron chi connectivity index (χ2n) is 7.83. The summed E-state index contributed by atoms with van der Waals surface area (Å²) in [6.45, 7) is 8.52. The van der Waals surface area contributed by atoms with Crippen LogP contribution in [0.5, 0.6) is 0 Å². The first-order valence-corrected chi connectivity index (χ1v) is 9.88. The lowest BCUT2D eigenvalue weighted by Gasteiger charge is -2.34. The number of ether oxygens (including phenoxy) is 1. The lowest BCUT2D eigenvalue weighted by molar-refractivity contribution is -0.152. The van der Waals surface area contributed by atoms with Crippen LogP contribution in [0.1, 0.15) is 47.0 Å². The number of likely N-dealkylation sites (N-methyl/N-ethyl adjacent to an activating group) is 1. The van der Waals surface area contributed by atoms with Gasteiger partial charge < -0.3 is 15.0 Å². The average Bonchev–Trinajstić information content (AvgIpc) is 3.25. The number of carbonyl (C=O) groups is 3. The van der Waals surface area contributed by atoms with Gasteiger partial charge in [0.2, 0.25) is 5.91 Å². The van der Waals surface area contributed by atoms with E-state index in [0.29, 0.717) is 18.7 Å². The fourth-order valence-corrected chi connectivity index (χ4v) is 4.11. The molecule has 2 aliphatic rings. The fraction of sp³-hybridized carbons (Fsp3) is 0.750. The molecule has 7 nitrogen and oxygen atoms in total. The molecule has 0 aliphatic carbocycles. The van der Waals surface area contributed by atoms with Crippen LogP contribution in [0.15, 0.2) is 11.8 Å². The summed E-state index contributed by atoms with van der Waals surface area (Å²) in [6.07, 6.45) is 3.60. The Kier molecular flexibility index (Phi) is 7.03. The van der Waals surface area contributed by atoms with Crippen molar-refractivity contribution in [2.24, 2.45) is 11.8 Å². The van der Waals surface area contributed by atoms with Gasteiger partial charge in [0, 0.05) is 12.6 Å². The van der Waals surface area contributed by atoms with Crippen LogP contribution in [0.3, 0.4) is 0 Å². The van der Waals surface area contributed by atoms with Gasteiger partial charge in [-0.1, -0.05) is 34.1 Å². The Hall–Kier alpha value is -1.89. The molecule has 0 aromatic rings. The van der Waals surface area contributed by atoms with Gasteiger partial charge in [-0.3, -0.25) is 19.3 Å². The van der Waals surface area contributed by atoms with Crippen LogP contribution in [-0.4, -0.2) is 66.3 Å². The Labute approximate surface area is 162 Å². The second kappa shape index (κ2) is 8.87. The second-order valence-corrected chi connectivity index (χ2v) is 7.83. The summed E-state index contributed by atoms with van der Waals surface area (Å²) in [5, 5.41) is 3.10. The van der Waals surface area contributed by atoms with E-state index in [2.05, 4.69) is 5.32 Å². The van der Waals surface area contributed by atoms with Gasteiger partial charge in [0.15, 0.2) is 0 Å². The maximum atomic E-state index is 13.3. The van der Waals surface area contributed by atoms with Crippen molar-refractivity contribution in [2.75, 3.05) is 20.7 Å². The minimum atomic E-state index is -0.591. The molecule has 0 unspecified atom stereocenters. The van der Waals surface area contributed by atoms with Crippen LogP contribution >= 0.6 is 0 Å². The number of likely N-dealkylation sites (tertiary alicyclic amines) is 1. The molecule has 152 valence electrons. The molecule has 1 fully saturated rings. The molecule has 1 N–H and O–H groups in total. The van der Waals surface area contributed by atoms with E-state index in [4.69, 9.17) is 4.74 Å². The van der Waals surface area contributed by atoms with Crippen molar-refractivity contribution in [2.45, 2.75) is 65.1 Å². The predicted molar refractivity (Wildman–Crippen MR) is 103 cm³/mol. The van der Waals surface area contributed by atoms with Gasteiger partial charge in [-0.15, -0.1) is 0 Å². The molecule has 4 atom stereocenters. The van der Waals surface area contributed by atoms with Gasteiger partial charge in [-0.25, -0.2) is 0 Å². The first-order chi connectivity index (χ1) is 12.8. The third-order valence-electron chi connectivity index (χ3n) is 5.79. The SMILES string of the molecule is CC[C@H](C)[C@H](NC)C(=O)N1CCC[C@@H]1C(=O)N1C(=O)C=C(OC)[C@@H]1C(C)C. The number of methoxy groups -OCH3 is 1. The van der Waals surface area contributed by atoms with Gasteiger partial charge in [0.25, 0.3) is 11.8 Å². The number of carbonyl (C=O) groups excluding carboxylic acids is 3. The number of hydrogen-bond donors (Lipinski definition) is 1. The minimum Gasteiger partial charge on any atom is -0.499 e. The number of hydrogen-bond acceptors (Lipinski definition) is 5. The maximum Gasteiger partial charge on any atom is 0.257 e. The molecule has 27 heavy (non-hydrogen) atoms. The van der Waals surface area contributed by atoms with Crippen molar-refractivity contribution < 1.29 is 19.1 Å². The van der Waals surface area contributed by atoms with E-state index in [0.717, 1.165) is 12.8 Å². The molecule has 0 aromatic carbocycles. The van der Waals surface area contributed by atoms with Crippen LogP contribution in [0.2, 0.25) is 0 Å². The Morgan fingerprint density at radius 3 is 2.52 bits per heavy atom. The lowest BCUT2D eigenvalue weighted by atomic mass is 9.97. The Balaban J connectivity index is 2.24. The van der Waals surface area contributed by atoms with Crippen LogP contribution in [0.25, 0.3) is 0 Å². The van der Waals surface area contributed by atoms with Gasteiger partial charge >= 0.3 is 0 Å². The number of imide groups is 1. The number of rotatable bonds is 7. The van der Waals surface area contributed by atoms with Crippen molar-refractivity contribution in [3.8, 4) is 0 Å². The van der Waals surface area contributed by atoms with Crippen LogP contribution in [0.4, 0.5) is 0 Å². The highest BCUT2D eigenvalue weighted by Crippen LogP contribution is 2.30. The van der Waals surface area contributed by atoms with Gasteiger partial charge in [-0.2, -0.15) is 0 Å². The Morgan fingerprint density at radius 1 is 1.33 bits per heavy atom. The van der Waals surface area contributed by atoms with E-state index in [9.17, 15) is 14.4 Å². The van der Waals surface area contributed by atoms with E-state index in [1.165, 1.54) is 18.1 Å². The third kappa shape index (κ3) is 4.03. The normalized spacial score (nSPS) is 25.0. The van der Waals surface area contributed by atoms with E-state index in [1.54, 1.807) is 11.9 Å². The molecule has 2 heterocycles. The number of nitrogens with zero attached hydrogens (tertiary/aromatic N) is 2.